The zero-order chi connectivity index (χ0) is 14.2. The molecule has 2 saturated carbocycles. The van der Waals surface area contributed by atoms with Crippen molar-refractivity contribution in [1.82, 2.24) is 14.9 Å². The molecule has 4 atom stereocenters. The summed E-state index contributed by atoms with van der Waals surface area (Å²) in [5.41, 5.74) is 0. The van der Waals surface area contributed by atoms with Gasteiger partial charge in [0.15, 0.2) is 0 Å². The molecule has 112 valence electrons. The Morgan fingerprint density at radius 3 is 3.00 bits per heavy atom. The van der Waals surface area contributed by atoms with Gasteiger partial charge in [-0.15, -0.1) is 11.3 Å². The van der Waals surface area contributed by atoms with Crippen molar-refractivity contribution in [3.05, 3.63) is 40.6 Å². The second-order valence-corrected chi connectivity index (χ2v) is 7.67. The first-order valence-electron chi connectivity index (χ1n) is 8.05. The minimum Gasteiger partial charge on any atom is -0.336 e. The van der Waals surface area contributed by atoms with Gasteiger partial charge in [0.05, 0.1) is 0 Å². The lowest BCUT2D eigenvalue weighted by Gasteiger charge is -2.25. The van der Waals surface area contributed by atoms with Crippen LogP contribution in [0.25, 0.3) is 0 Å². The van der Waals surface area contributed by atoms with Crippen LogP contribution in [0.4, 0.5) is 0 Å². The fraction of sp³-hybridized carbons (Fsp3) is 0.588. The normalized spacial score (nSPS) is 29.1. The summed E-state index contributed by atoms with van der Waals surface area (Å²) >= 11 is 1.82. The average Bonchev–Trinajstić information content (AvgIpc) is 3.24. The highest BCUT2D eigenvalue weighted by atomic mass is 32.1. The smallest absolute Gasteiger partial charge is 0.131 e. The Labute approximate surface area is 130 Å². The van der Waals surface area contributed by atoms with Crippen LogP contribution in [0.2, 0.25) is 0 Å². The van der Waals surface area contributed by atoms with E-state index >= 15 is 0 Å². The van der Waals surface area contributed by atoms with Gasteiger partial charge in [-0.3, -0.25) is 0 Å². The summed E-state index contributed by atoms with van der Waals surface area (Å²) in [7, 11) is 2.09. The predicted molar refractivity (Wildman–Crippen MR) is 86.3 cm³/mol. The third-order valence-electron chi connectivity index (χ3n) is 5.41. The van der Waals surface area contributed by atoms with Crippen molar-refractivity contribution in [2.75, 3.05) is 6.54 Å². The summed E-state index contributed by atoms with van der Waals surface area (Å²) < 4.78 is 2.14. The molecule has 0 aliphatic heterocycles. The molecule has 2 fully saturated rings. The molecule has 2 aromatic heterocycles. The molecule has 0 amide bonds. The Bertz CT molecular complexity index is 589. The number of aryl methyl sites for hydroxylation is 1. The van der Waals surface area contributed by atoms with Crippen molar-refractivity contribution in [2.24, 2.45) is 24.8 Å². The third-order valence-corrected chi connectivity index (χ3v) is 6.35. The molecular formula is C17H23N3S. The summed E-state index contributed by atoms with van der Waals surface area (Å²) in [6, 6.07) is 4.59. The van der Waals surface area contributed by atoms with Crippen LogP contribution in [0, 0.1) is 17.8 Å². The van der Waals surface area contributed by atoms with Gasteiger partial charge in [-0.25, -0.2) is 4.98 Å². The van der Waals surface area contributed by atoms with Crippen molar-refractivity contribution in [3.8, 4) is 0 Å². The Morgan fingerprint density at radius 1 is 1.43 bits per heavy atom. The fourth-order valence-corrected chi connectivity index (χ4v) is 5.12. The monoisotopic (exact) mass is 301 g/mol. The van der Waals surface area contributed by atoms with Gasteiger partial charge in [0, 0.05) is 24.3 Å². The zero-order valence-corrected chi connectivity index (χ0v) is 13.4. The van der Waals surface area contributed by atoms with Crippen LogP contribution >= 0.6 is 11.3 Å². The molecule has 4 unspecified atom stereocenters. The quantitative estimate of drug-likeness (QED) is 0.914. The SMILES string of the molecule is Cn1ccnc1C(NCC1CC2CCC1C2)c1cccs1. The molecule has 2 aromatic rings. The highest BCUT2D eigenvalue weighted by molar-refractivity contribution is 7.10. The number of nitrogens with one attached hydrogen (secondary N) is 1. The number of imidazole rings is 1. The number of nitrogens with zero attached hydrogens (tertiary/aromatic N) is 2. The van der Waals surface area contributed by atoms with Crippen LogP contribution in [0.1, 0.15) is 42.4 Å². The Balaban J connectivity index is 1.50. The summed E-state index contributed by atoms with van der Waals surface area (Å²) in [6.45, 7) is 1.14. The molecule has 2 heterocycles. The van der Waals surface area contributed by atoms with E-state index in [0.717, 1.165) is 30.1 Å². The van der Waals surface area contributed by atoms with Crippen molar-refractivity contribution in [2.45, 2.75) is 31.7 Å². The van der Waals surface area contributed by atoms with E-state index in [1.807, 2.05) is 23.7 Å². The molecule has 2 aliphatic rings. The molecule has 3 nitrogen and oxygen atoms in total. The number of hydrogen-bond acceptors (Lipinski definition) is 3. The van der Waals surface area contributed by atoms with Crippen molar-refractivity contribution in [1.29, 1.82) is 0 Å². The van der Waals surface area contributed by atoms with E-state index in [1.54, 1.807) is 0 Å². The third kappa shape index (κ3) is 2.55. The standard InChI is InChI=1S/C17H23N3S/c1-20-7-6-18-17(20)16(15-3-2-8-21-15)19-11-14-10-12-4-5-13(14)9-12/h2-3,6-8,12-14,16,19H,4-5,9-11H2,1H3. The van der Waals surface area contributed by atoms with Crippen molar-refractivity contribution in [3.63, 3.8) is 0 Å². The average molecular weight is 301 g/mol. The maximum atomic E-state index is 4.57. The van der Waals surface area contributed by atoms with Crippen molar-refractivity contribution >= 4 is 11.3 Å². The Kier molecular flexibility index (Phi) is 3.59. The summed E-state index contributed by atoms with van der Waals surface area (Å²) in [6.07, 6.45) is 9.80. The lowest BCUT2D eigenvalue weighted by molar-refractivity contribution is 0.310. The molecule has 4 rings (SSSR count). The molecule has 0 saturated heterocycles. The van der Waals surface area contributed by atoms with Gasteiger partial charge < -0.3 is 9.88 Å². The topological polar surface area (TPSA) is 29.9 Å². The van der Waals surface area contributed by atoms with E-state index in [4.69, 9.17) is 0 Å². The van der Waals surface area contributed by atoms with Crippen LogP contribution in [0.15, 0.2) is 29.9 Å². The van der Waals surface area contributed by atoms with Gasteiger partial charge >= 0.3 is 0 Å². The first-order valence-corrected chi connectivity index (χ1v) is 8.93. The van der Waals surface area contributed by atoms with Gasteiger partial charge in [0.1, 0.15) is 11.9 Å². The highest BCUT2D eigenvalue weighted by Gasteiger charge is 2.39. The summed E-state index contributed by atoms with van der Waals surface area (Å²) in [5.74, 6) is 4.01. The first-order chi connectivity index (χ1) is 10.3. The van der Waals surface area contributed by atoms with E-state index in [1.165, 1.54) is 30.6 Å². The molecule has 0 radical (unpaired) electrons. The molecule has 2 aliphatic carbocycles. The van der Waals surface area contributed by atoms with Crippen LogP contribution in [-0.2, 0) is 7.05 Å². The zero-order valence-electron chi connectivity index (χ0n) is 12.5. The Hall–Kier alpha value is -1.13. The van der Waals surface area contributed by atoms with Crippen molar-refractivity contribution < 1.29 is 0 Å². The van der Waals surface area contributed by atoms with Crippen LogP contribution < -0.4 is 5.32 Å². The van der Waals surface area contributed by atoms with Gasteiger partial charge in [-0.05, 0) is 55.0 Å². The number of rotatable bonds is 5. The highest BCUT2D eigenvalue weighted by Crippen LogP contribution is 2.48. The molecular weight excluding hydrogens is 278 g/mol. The molecule has 4 heteroatoms. The number of fused-ring (bicyclic) bond motifs is 2. The molecule has 0 aromatic carbocycles. The first kappa shape index (κ1) is 13.5. The number of hydrogen-bond donors (Lipinski definition) is 1. The maximum absolute atomic E-state index is 4.57. The van der Waals surface area contributed by atoms with Crippen LogP contribution in [-0.4, -0.2) is 16.1 Å². The minimum atomic E-state index is 0.240. The predicted octanol–water partition coefficient (Wildman–Crippen LogP) is 3.60. The number of aromatic nitrogens is 2. The molecule has 21 heavy (non-hydrogen) atoms. The van der Waals surface area contributed by atoms with Gasteiger partial charge in [0.25, 0.3) is 0 Å². The summed E-state index contributed by atoms with van der Waals surface area (Å²) in [4.78, 5) is 5.94. The van der Waals surface area contributed by atoms with E-state index < -0.39 is 0 Å². The van der Waals surface area contributed by atoms with Crippen LogP contribution in [0.5, 0.6) is 0 Å². The second-order valence-electron chi connectivity index (χ2n) is 6.69. The molecule has 2 bridgehead atoms. The van der Waals surface area contributed by atoms with E-state index in [9.17, 15) is 0 Å². The fourth-order valence-electron chi connectivity index (χ4n) is 4.33. The second kappa shape index (κ2) is 5.58. The number of thiophene rings is 1. The van der Waals surface area contributed by atoms with Gasteiger partial charge in [0.2, 0.25) is 0 Å². The van der Waals surface area contributed by atoms with Crippen LogP contribution in [0.3, 0.4) is 0 Å². The molecule has 1 N–H and O–H groups in total. The van der Waals surface area contributed by atoms with E-state index in [-0.39, 0.29) is 6.04 Å². The van der Waals surface area contributed by atoms with Gasteiger partial charge in [-0.1, -0.05) is 12.5 Å². The molecule has 0 spiro atoms. The minimum absolute atomic E-state index is 0.240. The lowest BCUT2D eigenvalue weighted by atomic mass is 9.88. The van der Waals surface area contributed by atoms with E-state index in [0.29, 0.717) is 0 Å². The Morgan fingerprint density at radius 2 is 2.38 bits per heavy atom. The lowest BCUT2D eigenvalue weighted by Crippen LogP contribution is -2.31. The van der Waals surface area contributed by atoms with Gasteiger partial charge in [-0.2, -0.15) is 0 Å². The van der Waals surface area contributed by atoms with E-state index in [2.05, 4.69) is 39.4 Å². The summed E-state index contributed by atoms with van der Waals surface area (Å²) in [5, 5.41) is 5.98. The largest absolute Gasteiger partial charge is 0.336 e. The maximum Gasteiger partial charge on any atom is 0.131 e.